The van der Waals surface area contributed by atoms with Crippen LogP contribution in [0, 0.1) is 6.92 Å². The van der Waals surface area contributed by atoms with Crippen LogP contribution in [0.3, 0.4) is 0 Å². The van der Waals surface area contributed by atoms with Crippen LogP contribution < -0.4 is 20.9 Å². The number of aromatic nitrogens is 1. The Morgan fingerprint density at radius 3 is 2.87 bits per heavy atom. The molecule has 1 aromatic heterocycles. The minimum Gasteiger partial charge on any atom is -0.357 e. The highest BCUT2D eigenvalue weighted by atomic mass is 127. The second-order valence-electron chi connectivity index (χ2n) is 7.27. The van der Waals surface area contributed by atoms with Gasteiger partial charge in [-0.3, -0.25) is 9.79 Å². The van der Waals surface area contributed by atoms with E-state index >= 15 is 0 Å². The minimum atomic E-state index is -0.0782. The van der Waals surface area contributed by atoms with E-state index in [1.807, 2.05) is 50.2 Å². The predicted octanol–water partition coefficient (Wildman–Crippen LogP) is 3.23. The summed E-state index contributed by atoms with van der Waals surface area (Å²) in [6.45, 7) is 7.45. The van der Waals surface area contributed by atoms with E-state index in [0.717, 1.165) is 43.4 Å². The highest BCUT2D eigenvalue weighted by molar-refractivity contribution is 14.0. The first-order valence-corrected chi connectivity index (χ1v) is 10.7. The molecule has 0 radical (unpaired) electrons. The van der Waals surface area contributed by atoms with Gasteiger partial charge in [-0.05, 0) is 44.5 Å². The van der Waals surface area contributed by atoms with Crippen LogP contribution in [-0.4, -0.2) is 55.6 Å². The quantitative estimate of drug-likeness (QED) is 0.211. The van der Waals surface area contributed by atoms with E-state index in [9.17, 15) is 4.79 Å². The molecule has 1 saturated heterocycles. The van der Waals surface area contributed by atoms with Crippen molar-refractivity contribution in [1.29, 1.82) is 0 Å². The molecule has 0 aliphatic carbocycles. The molecule has 168 valence electrons. The fourth-order valence-electron chi connectivity index (χ4n) is 3.42. The summed E-state index contributed by atoms with van der Waals surface area (Å²) < 4.78 is 0. The van der Waals surface area contributed by atoms with Gasteiger partial charge in [0.25, 0.3) is 5.91 Å². The highest BCUT2D eigenvalue weighted by Gasteiger charge is 2.25. The lowest BCUT2D eigenvalue weighted by atomic mass is 10.1. The number of carbonyl (C=O) groups is 1. The molecule has 0 spiro atoms. The second-order valence-corrected chi connectivity index (χ2v) is 7.68. The molecule has 7 nitrogen and oxygen atoms in total. The zero-order valence-electron chi connectivity index (χ0n) is 17.9. The van der Waals surface area contributed by atoms with Crippen LogP contribution in [-0.2, 0) is 0 Å². The van der Waals surface area contributed by atoms with Crippen molar-refractivity contribution < 1.29 is 4.79 Å². The van der Waals surface area contributed by atoms with Gasteiger partial charge in [0.05, 0.1) is 11.6 Å². The van der Waals surface area contributed by atoms with Gasteiger partial charge >= 0.3 is 0 Å². The number of benzene rings is 1. The van der Waals surface area contributed by atoms with Gasteiger partial charge in [-0.15, -0.1) is 24.0 Å². The Morgan fingerprint density at radius 1 is 1.29 bits per heavy atom. The molecule has 1 aliphatic rings. The van der Waals surface area contributed by atoms with Gasteiger partial charge in [0.1, 0.15) is 5.82 Å². The van der Waals surface area contributed by atoms with Crippen molar-refractivity contribution in [3.05, 3.63) is 58.7 Å². The third kappa shape index (κ3) is 7.53. The third-order valence-electron chi connectivity index (χ3n) is 4.86. The number of pyridine rings is 1. The highest BCUT2D eigenvalue weighted by Crippen LogP contribution is 2.25. The predicted molar refractivity (Wildman–Crippen MR) is 138 cm³/mol. The average molecular weight is 557 g/mol. The molecular formula is C22H30ClIN6O. The number of hydrogen-bond acceptors (Lipinski definition) is 4. The van der Waals surface area contributed by atoms with Crippen molar-refractivity contribution in [2.24, 2.45) is 4.99 Å². The molecular weight excluding hydrogens is 527 g/mol. The Kier molecular flexibility index (Phi) is 10.3. The van der Waals surface area contributed by atoms with Gasteiger partial charge in [-0.25, -0.2) is 4.98 Å². The summed E-state index contributed by atoms with van der Waals surface area (Å²) in [5, 5.41) is 10.3. The van der Waals surface area contributed by atoms with Crippen molar-refractivity contribution in [1.82, 2.24) is 20.9 Å². The van der Waals surface area contributed by atoms with Crippen molar-refractivity contribution in [2.45, 2.75) is 26.3 Å². The molecule has 0 bridgehead atoms. The Balaban J connectivity index is 0.00000341. The lowest BCUT2D eigenvalue weighted by molar-refractivity contribution is 0.0954. The lowest BCUT2D eigenvalue weighted by Gasteiger charge is -2.20. The Morgan fingerprint density at radius 2 is 2.13 bits per heavy atom. The number of nitrogens with zero attached hydrogens (tertiary/aromatic N) is 3. The van der Waals surface area contributed by atoms with Gasteiger partial charge in [-0.2, -0.15) is 0 Å². The van der Waals surface area contributed by atoms with Crippen LogP contribution in [0.25, 0.3) is 0 Å². The molecule has 0 saturated carbocycles. The van der Waals surface area contributed by atoms with E-state index in [2.05, 4.69) is 30.8 Å². The SMILES string of the molecule is CCNC(=NCCNC(=O)c1cccc(C)c1)NC1CCN(c2ncccc2Cl)C1.I. The largest absolute Gasteiger partial charge is 0.357 e. The zero-order chi connectivity index (χ0) is 21.3. The number of aryl methyl sites for hydroxylation is 1. The van der Waals surface area contributed by atoms with Crippen molar-refractivity contribution >= 4 is 53.3 Å². The molecule has 1 aliphatic heterocycles. The number of carbonyl (C=O) groups excluding carboxylic acids is 1. The van der Waals surface area contributed by atoms with Gasteiger partial charge in [0.2, 0.25) is 0 Å². The van der Waals surface area contributed by atoms with E-state index in [1.54, 1.807) is 6.20 Å². The van der Waals surface area contributed by atoms with Gasteiger partial charge in [-0.1, -0.05) is 29.3 Å². The fraction of sp³-hybridized carbons (Fsp3) is 0.409. The van der Waals surface area contributed by atoms with Crippen LogP contribution in [0.4, 0.5) is 5.82 Å². The number of halogens is 2. The van der Waals surface area contributed by atoms with E-state index in [1.165, 1.54) is 0 Å². The molecule has 31 heavy (non-hydrogen) atoms. The Labute approximate surface area is 206 Å². The Hall–Kier alpha value is -2.07. The van der Waals surface area contributed by atoms with Crippen LogP contribution in [0.1, 0.15) is 29.3 Å². The molecule has 3 N–H and O–H groups in total. The number of aliphatic imine (C=N–C) groups is 1. The van der Waals surface area contributed by atoms with Gasteiger partial charge < -0.3 is 20.9 Å². The summed E-state index contributed by atoms with van der Waals surface area (Å²) in [4.78, 5) is 23.4. The summed E-state index contributed by atoms with van der Waals surface area (Å²) in [6, 6.07) is 11.5. The standard InChI is InChI=1S/C22H29ClN6O.HI/c1-3-24-22(27-12-11-26-21(30)17-7-4-6-16(2)14-17)28-18-9-13-29(15-18)20-19(23)8-5-10-25-20;/h4-8,10,14,18H,3,9,11-13,15H2,1-2H3,(H,26,30)(H2,24,27,28);1H. The summed E-state index contributed by atoms with van der Waals surface area (Å²) >= 11 is 6.28. The van der Waals surface area contributed by atoms with Crippen molar-refractivity contribution in [2.75, 3.05) is 37.6 Å². The molecule has 9 heteroatoms. The maximum atomic E-state index is 12.2. The maximum absolute atomic E-state index is 12.2. The maximum Gasteiger partial charge on any atom is 0.251 e. The monoisotopic (exact) mass is 556 g/mol. The molecule has 1 fully saturated rings. The van der Waals surface area contributed by atoms with Crippen LogP contribution >= 0.6 is 35.6 Å². The molecule has 1 unspecified atom stereocenters. The lowest BCUT2D eigenvalue weighted by Crippen LogP contribution is -2.45. The first-order valence-electron chi connectivity index (χ1n) is 10.3. The second kappa shape index (κ2) is 12.7. The fourth-order valence-corrected chi connectivity index (χ4v) is 3.66. The molecule has 1 aromatic carbocycles. The number of rotatable bonds is 7. The molecule has 1 amide bonds. The summed E-state index contributed by atoms with van der Waals surface area (Å²) in [5.41, 5.74) is 1.74. The smallest absolute Gasteiger partial charge is 0.251 e. The molecule has 1 atom stereocenters. The van der Waals surface area contributed by atoms with E-state index in [-0.39, 0.29) is 35.9 Å². The number of amides is 1. The summed E-state index contributed by atoms with van der Waals surface area (Å²) in [7, 11) is 0. The van der Waals surface area contributed by atoms with Crippen LogP contribution in [0.2, 0.25) is 5.02 Å². The topological polar surface area (TPSA) is 81.6 Å². The first-order chi connectivity index (χ1) is 14.6. The molecule has 2 aromatic rings. The van der Waals surface area contributed by atoms with Crippen molar-refractivity contribution in [3.8, 4) is 0 Å². The normalized spacial score (nSPS) is 15.9. The van der Waals surface area contributed by atoms with Crippen molar-refractivity contribution in [3.63, 3.8) is 0 Å². The molecule has 2 heterocycles. The van der Waals surface area contributed by atoms with Gasteiger partial charge in [0.15, 0.2) is 5.96 Å². The Bertz CT molecular complexity index is 894. The average Bonchev–Trinajstić information content (AvgIpc) is 3.19. The van der Waals surface area contributed by atoms with Crippen LogP contribution in [0.5, 0.6) is 0 Å². The summed E-state index contributed by atoms with van der Waals surface area (Å²) in [6.07, 6.45) is 2.74. The van der Waals surface area contributed by atoms with E-state index in [4.69, 9.17) is 11.6 Å². The first kappa shape index (κ1) is 25.2. The third-order valence-corrected chi connectivity index (χ3v) is 5.15. The summed E-state index contributed by atoms with van der Waals surface area (Å²) in [5.74, 6) is 1.50. The zero-order valence-corrected chi connectivity index (χ0v) is 21.0. The van der Waals surface area contributed by atoms with Gasteiger partial charge in [0, 0.05) is 44.0 Å². The number of anilines is 1. The number of guanidine groups is 1. The number of nitrogens with one attached hydrogen (secondary N) is 3. The molecule has 3 rings (SSSR count). The number of hydrogen-bond donors (Lipinski definition) is 3. The van der Waals surface area contributed by atoms with Crippen LogP contribution in [0.15, 0.2) is 47.6 Å². The minimum absolute atomic E-state index is 0. The van der Waals surface area contributed by atoms with E-state index < -0.39 is 0 Å². The van der Waals surface area contributed by atoms with E-state index in [0.29, 0.717) is 23.7 Å².